The van der Waals surface area contributed by atoms with Crippen LogP contribution in [-0.4, -0.2) is 120 Å². The lowest BCUT2D eigenvalue weighted by Gasteiger charge is -2.43. The first-order valence-electron chi connectivity index (χ1n) is 16.2. The van der Waals surface area contributed by atoms with E-state index in [1.54, 1.807) is 12.1 Å². The number of aliphatic hydroxyl groups excluding tert-OH is 5. The maximum absolute atomic E-state index is 12.5. The minimum Gasteiger partial charge on any atom is -0.508 e. The third-order valence-corrected chi connectivity index (χ3v) is 8.71. The molecule has 10 atom stereocenters. The first-order chi connectivity index (χ1) is 25.2. The first-order valence-corrected chi connectivity index (χ1v) is 16.2. The molecule has 0 unspecified atom stereocenters. The zero-order valence-corrected chi connectivity index (χ0v) is 27.7. The van der Waals surface area contributed by atoms with Crippen LogP contribution in [-0.2, 0) is 23.7 Å². The molecule has 2 aromatic carbocycles. The number of aliphatic hydroxyl groups is 5. The van der Waals surface area contributed by atoms with Crippen molar-refractivity contribution >= 4 is 12.0 Å². The van der Waals surface area contributed by atoms with Crippen LogP contribution in [0.3, 0.4) is 0 Å². The van der Waals surface area contributed by atoms with Crippen LogP contribution in [0.4, 0.5) is 0 Å². The van der Waals surface area contributed by atoms with E-state index < -0.39 is 96.7 Å². The van der Waals surface area contributed by atoms with Crippen molar-refractivity contribution in [3.63, 3.8) is 0 Å². The summed E-state index contributed by atoms with van der Waals surface area (Å²) < 4.78 is 34.1. The van der Waals surface area contributed by atoms with E-state index in [0.717, 1.165) is 30.3 Å². The summed E-state index contributed by atoms with van der Waals surface area (Å²) in [5.41, 5.74) is 0.128. The van der Waals surface area contributed by atoms with Gasteiger partial charge < -0.3 is 74.1 Å². The van der Waals surface area contributed by atoms with Crippen LogP contribution in [0, 0.1) is 0 Å². The Kier molecular flexibility index (Phi) is 10.9. The van der Waals surface area contributed by atoms with E-state index >= 15 is 0 Å². The third kappa shape index (κ3) is 8.07. The zero-order valence-electron chi connectivity index (χ0n) is 27.7. The quantitative estimate of drug-likeness (QED) is 0.0643. The normalized spacial score (nSPS) is 28.9. The van der Waals surface area contributed by atoms with E-state index in [-0.39, 0.29) is 34.1 Å². The molecule has 9 N–H and O–H groups in total. The molecular weight excluding hydrogens is 704 g/mol. The van der Waals surface area contributed by atoms with Crippen molar-refractivity contribution in [1.82, 2.24) is 0 Å². The predicted molar refractivity (Wildman–Crippen MR) is 179 cm³/mol. The van der Waals surface area contributed by atoms with E-state index in [9.17, 15) is 55.5 Å². The lowest BCUT2D eigenvalue weighted by atomic mass is 9.98. The molecule has 3 heterocycles. The molecule has 0 bridgehead atoms. The maximum atomic E-state index is 12.5. The van der Waals surface area contributed by atoms with Crippen LogP contribution in [0.25, 0.3) is 28.7 Å². The standard InChI is InChI=1S/C36H36O17/c1-15-33(53-27(42)9-4-16-2-6-18(37)7-3-16)30(45)32(47)35(49-15)48-14-26-28(43)29(44)31(46)36(52-26)51-25-13-20-22(40)11-19(38)12-24(20)50-34(25)17-5-8-21(39)23(41)10-17/h2-13,15,26,28-33,35-37,39-41,43-47H,14H2,1H3/b9-4+/t15-,26+,28+,29-,30-,31+,32+,33-,35+,36+/m0/s1. The van der Waals surface area contributed by atoms with Gasteiger partial charge in [0.15, 0.2) is 40.8 Å². The molecule has 2 saturated heterocycles. The lowest BCUT2D eigenvalue weighted by molar-refractivity contribution is -0.319. The minimum atomic E-state index is -1.88. The molecule has 0 amide bonds. The number of phenolic OH excluding ortho intramolecular Hbond substituents is 4. The highest BCUT2D eigenvalue weighted by Crippen LogP contribution is 2.43. The van der Waals surface area contributed by atoms with E-state index in [4.69, 9.17) is 28.1 Å². The summed E-state index contributed by atoms with van der Waals surface area (Å²) in [6.45, 7) is 0.860. The van der Waals surface area contributed by atoms with Crippen molar-refractivity contribution in [2.75, 3.05) is 6.61 Å². The summed E-state index contributed by atoms with van der Waals surface area (Å²) in [5, 5.41) is 93.6. The fraction of sp³-hybridized carbons (Fsp3) is 0.333. The molecule has 0 spiro atoms. The second kappa shape index (κ2) is 15.4. The smallest absolute Gasteiger partial charge is 0.331 e. The molecule has 17 nitrogen and oxygen atoms in total. The highest BCUT2D eigenvalue weighted by molar-refractivity contribution is 5.87. The van der Waals surface area contributed by atoms with Crippen molar-refractivity contribution in [2.45, 2.75) is 68.3 Å². The molecule has 1 aliphatic carbocycles. The summed E-state index contributed by atoms with van der Waals surface area (Å²) in [4.78, 5) is 24.5. The van der Waals surface area contributed by atoms with E-state index in [2.05, 4.69) is 0 Å². The Balaban J connectivity index is 1.15. The van der Waals surface area contributed by atoms with Crippen molar-refractivity contribution in [2.24, 2.45) is 0 Å². The third-order valence-electron chi connectivity index (χ3n) is 8.71. The van der Waals surface area contributed by atoms with Crippen molar-refractivity contribution < 1.29 is 78.9 Å². The molecule has 0 aromatic heterocycles. The Labute approximate surface area is 299 Å². The molecule has 17 heteroatoms. The van der Waals surface area contributed by atoms with Crippen molar-refractivity contribution in [1.29, 1.82) is 0 Å². The lowest BCUT2D eigenvalue weighted by Crippen LogP contribution is -2.62. The Morgan fingerprint density at radius 2 is 1.49 bits per heavy atom. The van der Waals surface area contributed by atoms with Gasteiger partial charge in [0.25, 0.3) is 0 Å². The fourth-order valence-corrected chi connectivity index (χ4v) is 5.82. The fourth-order valence-electron chi connectivity index (χ4n) is 5.82. The van der Waals surface area contributed by atoms with Gasteiger partial charge >= 0.3 is 5.97 Å². The van der Waals surface area contributed by atoms with Gasteiger partial charge in [-0.2, -0.15) is 0 Å². The van der Waals surface area contributed by atoms with Gasteiger partial charge in [-0.05, 0) is 55.0 Å². The van der Waals surface area contributed by atoms with Gasteiger partial charge in [0.1, 0.15) is 53.9 Å². The number of carbonyl (C=O) groups excluding carboxylic acids is 1. The number of fused-ring (bicyclic) bond motifs is 1. The Morgan fingerprint density at radius 3 is 2.21 bits per heavy atom. The van der Waals surface area contributed by atoms with Crippen LogP contribution >= 0.6 is 0 Å². The van der Waals surface area contributed by atoms with E-state index in [1.807, 2.05) is 0 Å². The van der Waals surface area contributed by atoms with Gasteiger partial charge in [-0.15, -0.1) is 0 Å². The number of benzene rings is 3. The number of hydrogen-bond donors (Lipinski definition) is 9. The van der Waals surface area contributed by atoms with Crippen LogP contribution in [0.1, 0.15) is 12.5 Å². The van der Waals surface area contributed by atoms with Crippen LogP contribution in [0.2, 0.25) is 0 Å². The van der Waals surface area contributed by atoms with Gasteiger partial charge in [-0.1, -0.05) is 12.1 Å². The van der Waals surface area contributed by atoms with Crippen molar-refractivity contribution in [3.05, 3.63) is 82.5 Å². The molecular formula is C36H36O17. The molecule has 4 aliphatic rings. The van der Waals surface area contributed by atoms with E-state index in [0.29, 0.717) is 5.56 Å². The number of ether oxygens (including phenoxy) is 5. The molecule has 3 aliphatic heterocycles. The monoisotopic (exact) mass is 740 g/mol. The molecule has 6 rings (SSSR count). The molecule has 2 aromatic rings. The zero-order chi connectivity index (χ0) is 38.1. The summed E-state index contributed by atoms with van der Waals surface area (Å²) in [7, 11) is 0. The molecule has 2 fully saturated rings. The topological polar surface area (TPSA) is 275 Å². The summed E-state index contributed by atoms with van der Waals surface area (Å²) in [5.74, 6) is -2.74. The highest BCUT2D eigenvalue weighted by Gasteiger charge is 2.48. The predicted octanol–water partition coefficient (Wildman–Crippen LogP) is 0.529. The van der Waals surface area contributed by atoms with E-state index in [1.165, 1.54) is 37.3 Å². The molecule has 53 heavy (non-hydrogen) atoms. The second-order valence-corrected chi connectivity index (χ2v) is 12.5. The first kappa shape index (κ1) is 37.5. The summed E-state index contributed by atoms with van der Waals surface area (Å²) in [6.07, 6.45) is -13.5. The molecule has 282 valence electrons. The largest absolute Gasteiger partial charge is 0.508 e. The second-order valence-electron chi connectivity index (χ2n) is 12.5. The number of hydrogen-bond acceptors (Lipinski definition) is 17. The summed E-state index contributed by atoms with van der Waals surface area (Å²) in [6, 6.07) is 12.8. The Bertz CT molecular complexity index is 1980. The Hall–Kier alpha value is -5.24. The van der Waals surface area contributed by atoms with Crippen LogP contribution in [0.5, 0.6) is 28.7 Å². The number of phenols is 4. The van der Waals surface area contributed by atoms with Crippen LogP contribution < -0.4 is 10.2 Å². The maximum Gasteiger partial charge on any atom is 0.331 e. The number of rotatable bonds is 9. The minimum absolute atomic E-state index is 0.00516. The molecule has 0 radical (unpaired) electrons. The van der Waals surface area contributed by atoms with Gasteiger partial charge in [0, 0.05) is 23.8 Å². The number of aromatic hydroxyl groups is 4. The molecule has 0 saturated carbocycles. The summed E-state index contributed by atoms with van der Waals surface area (Å²) >= 11 is 0. The highest BCUT2D eigenvalue weighted by atomic mass is 16.7. The average molecular weight is 741 g/mol. The van der Waals surface area contributed by atoms with Gasteiger partial charge in [0.2, 0.25) is 6.29 Å². The average Bonchev–Trinajstić information content (AvgIpc) is 3.12. The van der Waals surface area contributed by atoms with Gasteiger partial charge in [-0.25, -0.2) is 4.79 Å². The number of carbonyl (C=O) groups is 1. The Morgan fingerprint density at radius 1 is 0.774 bits per heavy atom. The van der Waals surface area contributed by atoms with Gasteiger partial charge in [0.05, 0.1) is 18.3 Å². The number of esters is 1. The van der Waals surface area contributed by atoms with Crippen molar-refractivity contribution in [3.8, 4) is 51.4 Å². The SMILES string of the molecule is C[C@@H]1O[C@@H](OC[C@H]2O[C@@H](Oc3cc4c(O)cc(=O)cc-4oc3-c3ccc(O)c(O)c3)[C@H](O)[C@@H](O)[C@@H]2O)[C@H](O)[C@H](O)[C@H]1OC(=O)/C=C/c1ccc(O)cc1. The van der Waals surface area contributed by atoms with Crippen LogP contribution in [0.15, 0.2) is 76.0 Å². The van der Waals surface area contributed by atoms with Gasteiger partial charge in [-0.3, -0.25) is 4.79 Å².